The van der Waals surface area contributed by atoms with Crippen LogP contribution in [0.5, 0.6) is 0 Å². The van der Waals surface area contributed by atoms with Crippen molar-refractivity contribution in [2.24, 2.45) is 0 Å². The van der Waals surface area contributed by atoms with Gasteiger partial charge in [-0.3, -0.25) is 4.79 Å². The van der Waals surface area contributed by atoms with E-state index >= 15 is 0 Å². The van der Waals surface area contributed by atoms with Gasteiger partial charge in [-0.15, -0.1) is 0 Å². The molecule has 7 rings (SSSR count). The van der Waals surface area contributed by atoms with E-state index in [-0.39, 0.29) is 11.8 Å². The lowest BCUT2D eigenvalue weighted by Crippen LogP contribution is -2.08. The van der Waals surface area contributed by atoms with E-state index in [0.29, 0.717) is 11.4 Å². The Morgan fingerprint density at radius 2 is 1.33 bits per heavy atom. The van der Waals surface area contributed by atoms with Gasteiger partial charge in [-0.25, -0.2) is 0 Å². The van der Waals surface area contributed by atoms with Crippen LogP contribution in [-0.2, 0) is 11.2 Å². The third-order valence-corrected chi connectivity index (χ3v) is 8.31. The zero-order chi connectivity index (χ0) is 29.3. The highest BCUT2D eigenvalue weighted by molar-refractivity contribution is 6.31. The molecule has 0 aliphatic heterocycles. The molecule has 0 aliphatic carbocycles. The molecule has 0 saturated heterocycles. The van der Waals surface area contributed by atoms with E-state index in [2.05, 4.69) is 118 Å². The van der Waals surface area contributed by atoms with Gasteiger partial charge in [0.25, 0.3) is 0 Å². The number of para-hydroxylation sites is 2. The average molecular weight is 580 g/mol. The van der Waals surface area contributed by atoms with E-state index in [1.807, 2.05) is 24.3 Å². The number of carbonyl (C=O) groups excluding carboxylic acids is 1. The van der Waals surface area contributed by atoms with E-state index in [9.17, 15) is 4.79 Å². The van der Waals surface area contributed by atoms with Crippen LogP contribution in [0, 0.1) is 0 Å². The van der Waals surface area contributed by atoms with Crippen LogP contribution in [0.4, 0.5) is 5.69 Å². The molecule has 210 valence electrons. The molecule has 5 heteroatoms. The molecule has 2 aromatic heterocycles. The Kier molecular flexibility index (Phi) is 7.06. The number of rotatable bonds is 7. The number of benzene rings is 5. The molecule has 0 atom stereocenters. The fourth-order valence-corrected chi connectivity index (χ4v) is 6.45. The average Bonchev–Trinajstić information content (AvgIpc) is 3.56. The van der Waals surface area contributed by atoms with Gasteiger partial charge >= 0.3 is 0 Å². The monoisotopic (exact) mass is 579 g/mol. The number of aromatic amines is 2. The van der Waals surface area contributed by atoms with Crippen LogP contribution in [0.3, 0.4) is 0 Å². The highest BCUT2D eigenvalue weighted by Gasteiger charge is 2.28. The fraction of sp³-hybridized carbons (Fsp3) is 0.0789. The fourth-order valence-electron chi connectivity index (χ4n) is 6.28. The summed E-state index contributed by atoms with van der Waals surface area (Å²) in [5, 5.41) is 5.91. The number of hydrogen-bond donors (Lipinski definition) is 3. The Hall–Kier alpha value is -5.06. The molecule has 43 heavy (non-hydrogen) atoms. The molecular weight excluding hydrogens is 550 g/mol. The minimum atomic E-state index is -0.0913. The van der Waals surface area contributed by atoms with Crippen LogP contribution in [0.15, 0.2) is 127 Å². The van der Waals surface area contributed by atoms with E-state index in [1.165, 1.54) is 11.1 Å². The highest BCUT2D eigenvalue weighted by atomic mass is 35.5. The summed E-state index contributed by atoms with van der Waals surface area (Å²) >= 11 is 6.67. The molecule has 0 aliphatic rings. The maximum absolute atomic E-state index is 12.0. The van der Waals surface area contributed by atoms with Gasteiger partial charge in [-0.2, -0.15) is 0 Å². The number of fused-ring (bicyclic) bond motifs is 2. The van der Waals surface area contributed by atoms with Crippen LogP contribution >= 0.6 is 11.6 Å². The Morgan fingerprint density at radius 1 is 0.698 bits per heavy atom. The normalized spacial score (nSPS) is 11.4. The van der Waals surface area contributed by atoms with Gasteiger partial charge in [0.1, 0.15) is 0 Å². The minimum Gasteiger partial charge on any atom is -0.358 e. The molecule has 0 bridgehead atoms. The maximum Gasteiger partial charge on any atom is 0.221 e. The molecule has 4 nitrogen and oxygen atoms in total. The second kappa shape index (κ2) is 11.3. The highest BCUT2D eigenvalue weighted by Crippen LogP contribution is 2.46. The van der Waals surface area contributed by atoms with Crippen LogP contribution < -0.4 is 5.32 Å². The number of amides is 1. The van der Waals surface area contributed by atoms with Gasteiger partial charge < -0.3 is 15.3 Å². The molecule has 2 heterocycles. The van der Waals surface area contributed by atoms with Crippen molar-refractivity contribution < 1.29 is 4.79 Å². The minimum absolute atomic E-state index is 0.0447. The van der Waals surface area contributed by atoms with Gasteiger partial charge in [0.05, 0.1) is 0 Å². The van der Waals surface area contributed by atoms with Crippen molar-refractivity contribution in [1.29, 1.82) is 0 Å². The first-order valence-electron chi connectivity index (χ1n) is 14.4. The lowest BCUT2D eigenvalue weighted by molar-refractivity contribution is -0.114. The lowest BCUT2D eigenvalue weighted by atomic mass is 9.84. The zero-order valence-electron chi connectivity index (χ0n) is 23.7. The van der Waals surface area contributed by atoms with E-state index in [0.717, 1.165) is 55.6 Å². The maximum atomic E-state index is 12.0. The zero-order valence-corrected chi connectivity index (χ0v) is 24.5. The summed E-state index contributed by atoms with van der Waals surface area (Å²) in [5.41, 5.74) is 10.8. The van der Waals surface area contributed by atoms with Gasteiger partial charge in [-0.05, 0) is 47.0 Å². The number of halogens is 1. The predicted molar refractivity (Wildman–Crippen MR) is 178 cm³/mol. The second-order valence-corrected chi connectivity index (χ2v) is 11.3. The van der Waals surface area contributed by atoms with Crippen molar-refractivity contribution in [2.45, 2.75) is 19.3 Å². The molecule has 0 radical (unpaired) electrons. The first kappa shape index (κ1) is 26.8. The summed E-state index contributed by atoms with van der Waals surface area (Å²) in [6, 6.07) is 43.8. The molecule has 0 spiro atoms. The second-order valence-electron chi connectivity index (χ2n) is 10.9. The van der Waals surface area contributed by atoms with Crippen molar-refractivity contribution in [3.05, 3.63) is 160 Å². The molecule has 1 amide bonds. The first-order chi connectivity index (χ1) is 21.1. The number of carbonyl (C=O) groups is 1. The predicted octanol–water partition coefficient (Wildman–Crippen LogP) is 9.70. The summed E-state index contributed by atoms with van der Waals surface area (Å²) < 4.78 is 0. The Labute approximate surface area is 255 Å². The van der Waals surface area contributed by atoms with Crippen molar-refractivity contribution in [3.63, 3.8) is 0 Å². The van der Waals surface area contributed by atoms with Gasteiger partial charge in [0.15, 0.2) is 0 Å². The quantitative estimate of drug-likeness (QED) is 0.173. The summed E-state index contributed by atoms with van der Waals surface area (Å²) in [6.07, 6.45) is 0.606. The summed E-state index contributed by atoms with van der Waals surface area (Å²) in [4.78, 5) is 19.6. The first-order valence-corrected chi connectivity index (χ1v) is 14.8. The third kappa shape index (κ3) is 5.11. The molecule has 3 N–H and O–H groups in total. The van der Waals surface area contributed by atoms with Crippen LogP contribution in [0.2, 0.25) is 5.02 Å². The van der Waals surface area contributed by atoms with Gasteiger partial charge in [0.2, 0.25) is 5.91 Å². The SMILES string of the molecule is CC(=O)Nc1ccccc1Cc1[nH]c2ccccc2c1-c1c(C(c2ccccc2)c2ccccc2)[nH]c2ccc(Cl)cc12. The van der Waals surface area contributed by atoms with Crippen molar-refractivity contribution >= 4 is 45.0 Å². The Morgan fingerprint density at radius 3 is 2.05 bits per heavy atom. The number of nitrogens with one attached hydrogen (secondary N) is 3. The van der Waals surface area contributed by atoms with Crippen LogP contribution in [0.1, 0.15) is 40.9 Å². The lowest BCUT2D eigenvalue weighted by Gasteiger charge is -2.20. The van der Waals surface area contributed by atoms with E-state index in [4.69, 9.17) is 11.6 Å². The van der Waals surface area contributed by atoms with Crippen molar-refractivity contribution in [3.8, 4) is 11.1 Å². The van der Waals surface area contributed by atoms with E-state index < -0.39 is 0 Å². The number of H-pyrrole nitrogens is 2. The molecule has 7 aromatic rings. The van der Waals surface area contributed by atoms with Gasteiger partial charge in [0, 0.05) is 74.3 Å². The molecule has 0 fully saturated rings. The summed E-state index contributed by atoms with van der Waals surface area (Å²) in [7, 11) is 0. The topological polar surface area (TPSA) is 60.7 Å². The molecule has 0 unspecified atom stereocenters. The standard InChI is InChI=1S/C38H30ClN3O/c1-24(43)40-31-18-10-8-16-27(31)22-34-36(29-17-9-11-19-32(29)41-34)37-30-23-28(39)20-21-33(30)42-38(37)35(25-12-4-2-5-13-25)26-14-6-3-7-15-26/h2-21,23,35,41-42H,22H2,1H3,(H,40,43). The van der Waals surface area contributed by atoms with Gasteiger partial charge in [-0.1, -0.05) is 109 Å². The molecule has 5 aromatic carbocycles. The summed E-state index contributed by atoms with van der Waals surface area (Å²) in [6.45, 7) is 1.54. The van der Waals surface area contributed by atoms with Crippen molar-refractivity contribution in [2.75, 3.05) is 5.32 Å². The third-order valence-electron chi connectivity index (χ3n) is 8.07. The molecule has 0 saturated carbocycles. The largest absolute Gasteiger partial charge is 0.358 e. The Bertz CT molecular complexity index is 2040. The number of aromatic nitrogens is 2. The van der Waals surface area contributed by atoms with Crippen LogP contribution in [0.25, 0.3) is 32.9 Å². The van der Waals surface area contributed by atoms with Crippen LogP contribution in [-0.4, -0.2) is 15.9 Å². The molecular formula is C38H30ClN3O. The Balaban J connectivity index is 1.53. The smallest absolute Gasteiger partial charge is 0.221 e. The number of anilines is 1. The number of hydrogen-bond acceptors (Lipinski definition) is 1. The van der Waals surface area contributed by atoms with Crippen molar-refractivity contribution in [1.82, 2.24) is 9.97 Å². The summed E-state index contributed by atoms with van der Waals surface area (Å²) in [5.74, 6) is -0.136. The van der Waals surface area contributed by atoms with E-state index in [1.54, 1.807) is 6.92 Å².